The maximum absolute atomic E-state index is 5.16. The quantitative estimate of drug-likeness (QED) is 0.762. The van der Waals surface area contributed by atoms with Gasteiger partial charge in [-0.25, -0.2) is 9.97 Å². The van der Waals surface area contributed by atoms with Crippen molar-refractivity contribution in [1.29, 1.82) is 0 Å². The highest BCUT2D eigenvalue weighted by Crippen LogP contribution is 2.28. The molecule has 0 aliphatic carbocycles. The van der Waals surface area contributed by atoms with Crippen LogP contribution in [0.25, 0.3) is 5.57 Å². The molecule has 0 saturated carbocycles. The van der Waals surface area contributed by atoms with Crippen molar-refractivity contribution in [3.05, 3.63) is 61.9 Å². The molecule has 0 bridgehead atoms. The lowest BCUT2D eigenvalue weighted by Gasteiger charge is -2.07. The summed E-state index contributed by atoms with van der Waals surface area (Å²) in [4.78, 5) is 8.00. The number of hydrogen-bond acceptors (Lipinski definition) is 4. The van der Waals surface area contributed by atoms with Crippen LogP contribution < -0.4 is 0 Å². The standard InChI is InChI=1S/C11H9N2O2/c1-3-9(11-13-5-7-15-11)8(2)10-12-4-6-14-10/h3-7H,1-2H2. The Labute approximate surface area is 87.0 Å². The third-order valence-electron chi connectivity index (χ3n) is 1.88. The topological polar surface area (TPSA) is 52.1 Å². The van der Waals surface area contributed by atoms with Gasteiger partial charge in [0.05, 0.1) is 12.4 Å². The van der Waals surface area contributed by atoms with Crippen molar-refractivity contribution in [2.45, 2.75) is 0 Å². The fraction of sp³-hybridized carbons (Fsp3) is 0. The molecule has 0 atom stereocenters. The summed E-state index contributed by atoms with van der Waals surface area (Å²) in [6, 6.07) is 0. The fourth-order valence-corrected chi connectivity index (χ4v) is 1.18. The van der Waals surface area contributed by atoms with Crippen LogP contribution >= 0.6 is 0 Å². The summed E-state index contributed by atoms with van der Waals surface area (Å²) in [5.74, 6) is 1.55. The van der Waals surface area contributed by atoms with Crippen molar-refractivity contribution in [3.63, 3.8) is 0 Å². The second-order valence-corrected chi connectivity index (χ2v) is 2.77. The molecule has 0 aliphatic heterocycles. The smallest absolute Gasteiger partial charge is 0.222 e. The minimum Gasteiger partial charge on any atom is -0.448 e. The monoisotopic (exact) mass is 201 g/mol. The minimum absolute atomic E-state index is 0.433. The third kappa shape index (κ3) is 1.74. The molecule has 0 fully saturated rings. The van der Waals surface area contributed by atoms with Crippen LogP contribution in [0.3, 0.4) is 0 Å². The lowest BCUT2D eigenvalue weighted by Crippen LogP contribution is -1.99. The molecule has 1 radical (unpaired) electrons. The average Bonchev–Trinajstić information content (AvgIpc) is 2.91. The summed E-state index contributed by atoms with van der Waals surface area (Å²) in [5.41, 5.74) is 0.595. The first-order valence-electron chi connectivity index (χ1n) is 4.31. The van der Waals surface area contributed by atoms with Crippen molar-refractivity contribution < 1.29 is 8.83 Å². The number of rotatable bonds is 4. The van der Waals surface area contributed by atoms with Crippen molar-refractivity contribution in [3.8, 4) is 0 Å². The van der Waals surface area contributed by atoms with Gasteiger partial charge in [-0.2, -0.15) is 0 Å². The highest BCUT2D eigenvalue weighted by molar-refractivity contribution is 5.75. The molecule has 0 unspecified atom stereocenters. The van der Waals surface area contributed by atoms with E-state index in [1.54, 1.807) is 18.5 Å². The Bertz CT molecular complexity index is 443. The third-order valence-corrected chi connectivity index (χ3v) is 1.88. The van der Waals surface area contributed by atoms with Gasteiger partial charge in [-0.15, -0.1) is 6.58 Å². The summed E-state index contributed by atoms with van der Waals surface area (Å²) in [6.45, 7) is 7.54. The Balaban J connectivity index is 2.29. The highest BCUT2D eigenvalue weighted by Gasteiger charge is 2.21. The molecular formula is C11H9N2O2. The first-order chi connectivity index (χ1) is 7.33. The first-order valence-corrected chi connectivity index (χ1v) is 4.31. The molecule has 0 saturated heterocycles. The van der Waals surface area contributed by atoms with Crippen LogP contribution in [-0.2, 0) is 0 Å². The average molecular weight is 201 g/mol. The Kier molecular flexibility index (Phi) is 2.49. The summed E-state index contributed by atoms with van der Waals surface area (Å²) >= 11 is 0. The lowest BCUT2D eigenvalue weighted by molar-refractivity contribution is 0.517. The maximum atomic E-state index is 5.16. The Hall–Kier alpha value is -2.10. The molecule has 4 nitrogen and oxygen atoms in total. The predicted octanol–water partition coefficient (Wildman–Crippen LogP) is 2.48. The van der Waals surface area contributed by atoms with Crippen LogP contribution in [0.4, 0.5) is 0 Å². The summed E-state index contributed by atoms with van der Waals surface area (Å²) in [6.07, 6.45) is 7.69. The second kappa shape index (κ2) is 3.96. The summed E-state index contributed by atoms with van der Waals surface area (Å²) in [5, 5.41) is 0. The SMILES string of the molecule is C=C[C](C(=C)c1ncco1)c1ncco1. The van der Waals surface area contributed by atoms with Crippen molar-refractivity contribution in [1.82, 2.24) is 9.97 Å². The van der Waals surface area contributed by atoms with E-state index in [9.17, 15) is 0 Å². The van der Waals surface area contributed by atoms with Crippen molar-refractivity contribution >= 4 is 5.57 Å². The van der Waals surface area contributed by atoms with E-state index in [4.69, 9.17) is 8.83 Å². The molecule has 0 N–H and O–H groups in total. The van der Waals surface area contributed by atoms with Crippen molar-refractivity contribution in [2.75, 3.05) is 0 Å². The predicted molar refractivity (Wildman–Crippen MR) is 54.6 cm³/mol. The normalized spacial score (nSPS) is 10.5. The van der Waals surface area contributed by atoms with Crippen LogP contribution in [0.1, 0.15) is 11.8 Å². The molecule has 0 spiro atoms. The molecule has 15 heavy (non-hydrogen) atoms. The molecule has 2 heterocycles. The minimum atomic E-state index is 0.433. The largest absolute Gasteiger partial charge is 0.448 e. The molecule has 4 heteroatoms. The van der Waals surface area contributed by atoms with Gasteiger partial charge in [0, 0.05) is 5.57 Å². The van der Waals surface area contributed by atoms with Crippen LogP contribution in [0.5, 0.6) is 0 Å². The van der Waals surface area contributed by atoms with E-state index in [0.717, 1.165) is 0 Å². The molecule has 75 valence electrons. The number of nitrogens with zero attached hydrogens (tertiary/aromatic N) is 2. The maximum Gasteiger partial charge on any atom is 0.222 e. The van der Waals surface area contributed by atoms with Gasteiger partial charge < -0.3 is 8.83 Å². The Morgan fingerprint density at radius 2 is 1.73 bits per heavy atom. The Morgan fingerprint density at radius 3 is 2.20 bits per heavy atom. The van der Waals surface area contributed by atoms with Gasteiger partial charge in [-0.1, -0.05) is 12.7 Å². The number of oxazole rings is 2. The molecule has 0 aromatic carbocycles. The van der Waals surface area contributed by atoms with Gasteiger partial charge in [0.1, 0.15) is 18.4 Å². The Morgan fingerprint density at radius 1 is 1.13 bits per heavy atom. The van der Waals surface area contributed by atoms with Gasteiger partial charge in [0.2, 0.25) is 11.8 Å². The molecule has 0 aliphatic rings. The molecule has 0 amide bonds. The van der Waals surface area contributed by atoms with E-state index < -0.39 is 0 Å². The zero-order chi connectivity index (χ0) is 10.7. The zero-order valence-electron chi connectivity index (χ0n) is 8.01. The molecule has 2 aromatic rings. The van der Waals surface area contributed by atoms with E-state index in [-0.39, 0.29) is 0 Å². The van der Waals surface area contributed by atoms with Crippen molar-refractivity contribution in [2.24, 2.45) is 0 Å². The fourth-order valence-electron chi connectivity index (χ4n) is 1.18. The van der Waals surface area contributed by atoms with Gasteiger partial charge in [-0.05, 0) is 0 Å². The molecule has 2 rings (SSSR count). The van der Waals surface area contributed by atoms with Gasteiger partial charge in [0.25, 0.3) is 0 Å². The molecular weight excluding hydrogens is 192 g/mol. The summed E-state index contributed by atoms with van der Waals surface area (Å²) < 4.78 is 10.3. The summed E-state index contributed by atoms with van der Waals surface area (Å²) in [7, 11) is 0. The van der Waals surface area contributed by atoms with E-state index in [0.29, 0.717) is 23.3 Å². The highest BCUT2D eigenvalue weighted by atomic mass is 16.3. The van der Waals surface area contributed by atoms with Gasteiger partial charge in [-0.3, -0.25) is 0 Å². The number of aromatic nitrogens is 2. The first kappa shape index (κ1) is 9.45. The van der Waals surface area contributed by atoms with E-state index in [2.05, 4.69) is 23.1 Å². The van der Waals surface area contributed by atoms with Crippen LogP contribution in [0.15, 0.2) is 53.0 Å². The lowest BCUT2D eigenvalue weighted by atomic mass is 10.0. The van der Waals surface area contributed by atoms with Crippen LogP contribution in [0.2, 0.25) is 0 Å². The van der Waals surface area contributed by atoms with Gasteiger partial charge >= 0.3 is 0 Å². The second-order valence-electron chi connectivity index (χ2n) is 2.77. The van der Waals surface area contributed by atoms with Crippen LogP contribution in [-0.4, -0.2) is 9.97 Å². The zero-order valence-corrected chi connectivity index (χ0v) is 8.01. The van der Waals surface area contributed by atoms with Gasteiger partial charge in [0.15, 0.2) is 0 Å². The number of allylic oxidation sites excluding steroid dienone is 2. The molecule has 2 aromatic heterocycles. The van der Waals surface area contributed by atoms with E-state index in [1.807, 2.05) is 0 Å². The van der Waals surface area contributed by atoms with Crippen LogP contribution in [0, 0.1) is 5.92 Å². The number of hydrogen-bond donors (Lipinski definition) is 0. The van der Waals surface area contributed by atoms with E-state index in [1.165, 1.54) is 12.5 Å². The van der Waals surface area contributed by atoms with E-state index >= 15 is 0 Å².